The van der Waals surface area contributed by atoms with Gasteiger partial charge in [-0.25, -0.2) is 0 Å². The lowest BCUT2D eigenvalue weighted by molar-refractivity contribution is -0.125. The molecule has 0 unspecified atom stereocenters. The van der Waals surface area contributed by atoms with Gasteiger partial charge < -0.3 is 15.1 Å². The van der Waals surface area contributed by atoms with Gasteiger partial charge in [-0.1, -0.05) is 11.3 Å². The number of likely N-dealkylation sites (tertiary alicyclic amines) is 1. The van der Waals surface area contributed by atoms with E-state index in [1.165, 1.54) is 37.3 Å². The molecule has 154 valence electrons. The largest absolute Gasteiger partial charge is 0.356 e. The van der Waals surface area contributed by atoms with E-state index in [9.17, 15) is 9.59 Å². The van der Waals surface area contributed by atoms with Gasteiger partial charge in [0, 0.05) is 32.6 Å². The number of rotatable bonds is 7. The maximum Gasteiger partial charge on any atom is 0.228 e. The minimum atomic E-state index is 0.00121. The summed E-state index contributed by atoms with van der Waals surface area (Å²) in [6.45, 7) is 6.56. The summed E-state index contributed by atoms with van der Waals surface area (Å²) >= 11 is 1.46. The van der Waals surface area contributed by atoms with Crippen molar-refractivity contribution >= 4 is 33.4 Å². The average molecular weight is 407 g/mol. The normalized spacial score (nSPS) is 23.6. The molecule has 0 bridgehead atoms. The Morgan fingerprint density at radius 3 is 2.68 bits per heavy atom. The van der Waals surface area contributed by atoms with Gasteiger partial charge in [-0.05, 0) is 58.2 Å². The zero-order valence-corrected chi connectivity index (χ0v) is 17.3. The Morgan fingerprint density at radius 2 is 1.89 bits per heavy atom. The van der Waals surface area contributed by atoms with Gasteiger partial charge in [0.15, 0.2) is 0 Å². The van der Waals surface area contributed by atoms with Crippen molar-refractivity contribution in [1.29, 1.82) is 0 Å². The number of piperidine rings is 1. The molecule has 1 aromatic heterocycles. The average Bonchev–Trinajstić information content (AvgIpc) is 3.46. The number of nitrogens with zero attached hydrogens (tertiary/aromatic N) is 5. The minimum Gasteiger partial charge on any atom is -0.356 e. The van der Waals surface area contributed by atoms with E-state index in [-0.39, 0.29) is 17.7 Å². The van der Waals surface area contributed by atoms with E-state index in [2.05, 4.69) is 25.3 Å². The Hall–Kier alpha value is -1.74. The molecule has 1 N–H and O–H groups in total. The summed E-state index contributed by atoms with van der Waals surface area (Å²) in [5.41, 5.74) is 0. The van der Waals surface area contributed by atoms with Crippen LogP contribution in [0.5, 0.6) is 0 Å². The number of aromatic nitrogens is 2. The van der Waals surface area contributed by atoms with E-state index in [4.69, 9.17) is 0 Å². The standard InChI is InChI=1S/C19H30N6O2S/c26-16-7-4-13-25(16)19-22-21-18(28-19)24-12-3-6-15(14-24)17(27)20-8-5-11-23-9-1-2-10-23/h15H,1-14H2,(H,20,27)/t15-/m0/s1. The zero-order chi connectivity index (χ0) is 19.3. The van der Waals surface area contributed by atoms with Gasteiger partial charge in [-0.3, -0.25) is 14.5 Å². The van der Waals surface area contributed by atoms with Crippen LogP contribution in [0.2, 0.25) is 0 Å². The van der Waals surface area contributed by atoms with Crippen LogP contribution in [0.1, 0.15) is 44.9 Å². The molecule has 8 nitrogen and oxygen atoms in total. The van der Waals surface area contributed by atoms with Crippen LogP contribution in [0.4, 0.5) is 10.3 Å². The van der Waals surface area contributed by atoms with Gasteiger partial charge in [-0.15, -0.1) is 10.2 Å². The van der Waals surface area contributed by atoms with E-state index >= 15 is 0 Å². The fourth-order valence-electron chi connectivity index (χ4n) is 4.32. The third kappa shape index (κ3) is 4.63. The summed E-state index contributed by atoms with van der Waals surface area (Å²) in [6.07, 6.45) is 7.02. The Bertz CT molecular complexity index is 690. The van der Waals surface area contributed by atoms with E-state index < -0.39 is 0 Å². The van der Waals surface area contributed by atoms with Crippen molar-refractivity contribution in [3.63, 3.8) is 0 Å². The predicted molar refractivity (Wildman–Crippen MR) is 110 cm³/mol. The summed E-state index contributed by atoms with van der Waals surface area (Å²) in [4.78, 5) is 30.9. The Kier molecular flexibility index (Phi) is 6.41. The fourth-order valence-corrected chi connectivity index (χ4v) is 5.25. The first-order valence-corrected chi connectivity index (χ1v) is 11.4. The number of amides is 2. The molecule has 0 spiro atoms. The summed E-state index contributed by atoms with van der Waals surface area (Å²) < 4.78 is 0. The Balaban J connectivity index is 1.25. The molecule has 1 atom stereocenters. The number of nitrogens with one attached hydrogen (secondary N) is 1. The lowest BCUT2D eigenvalue weighted by Crippen LogP contribution is -2.43. The highest BCUT2D eigenvalue weighted by Crippen LogP contribution is 2.32. The molecule has 1 aromatic rings. The quantitative estimate of drug-likeness (QED) is 0.691. The molecule has 9 heteroatoms. The molecule has 28 heavy (non-hydrogen) atoms. The van der Waals surface area contributed by atoms with Crippen LogP contribution in [-0.4, -0.2) is 72.7 Å². The molecule has 3 fully saturated rings. The van der Waals surface area contributed by atoms with Crippen molar-refractivity contribution in [2.45, 2.75) is 44.9 Å². The third-order valence-electron chi connectivity index (χ3n) is 5.92. The van der Waals surface area contributed by atoms with Crippen molar-refractivity contribution in [1.82, 2.24) is 20.4 Å². The SMILES string of the molecule is O=C(NCCCN1CCCC1)[C@H]1CCCN(c2nnc(N3CCCC3=O)s2)C1. The molecule has 0 aliphatic carbocycles. The smallest absolute Gasteiger partial charge is 0.228 e. The predicted octanol–water partition coefficient (Wildman–Crippen LogP) is 1.48. The first kappa shape index (κ1) is 19.6. The van der Waals surface area contributed by atoms with E-state index in [1.807, 2.05) is 0 Å². The first-order chi connectivity index (χ1) is 13.7. The topological polar surface area (TPSA) is 81.7 Å². The molecular formula is C19H30N6O2S. The van der Waals surface area contributed by atoms with Crippen LogP contribution in [0, 0.1) is 5.92 Å². The zero-order valence-electron chi connectivity index (χ0n) is 16.4. The second-order valence-electron chi connectivity index (χ2n) is 7.99. The second kappa shape index (κ2) is 9.17. The van der Waals surface area contributed by atoms with Crippen LogP contribution in [0.15, 0.2) is 0 Å². The highest BCUT2D eigenvalue weighted by atomic mass is 32.1. The number of hydrogen-bond acceptors (Lipinski definition) is 7. The lowest BCUT2D eigenvalue weighted by Gasteiger charge is -2.31. The van der Waals surface area contributed by atoms with Crippen molar-refractivity contribution in [2.24, 2.45) is 5.92 Å². The van der Waals surface area contributed by atoms with Crippen molar-refractivity contribution in [3.8, 4) is 0 Å². The van der Waals surface area contributed by atoms with E-state index in [0.29, 0.717) is 18.1 Å². The summed E-state index contributed by atoms with van der Waals surface area (Å²) in [7, 11) is 0. The molecule has 3 aliphatic rings. The van der Waals surface area contributed by atoms with Crippen LogP contribution < -0.4 is 15.1 Å². The number of hydrogen-bond donors (Lipinski definition) is 1. The van der Waals surface area contributed by atoms with Crippen LogP contribution >= 0.6 is 11.3 Å². The van der Waals surface area contributed by atoms with E-state index in [1.54, 1.807) is 4.90 Å². The molecule has 4 rings (SSSR count). The van der Waals surface area contributed by atoms with Gasteiger partial charge in [0.05, 0.1) is 5.92 Å². The molecule has 0 radical (unpaired) electrons. The molecule has 2 amide bonds. The Morgan fingerprint density at radius 1 is 1.07 bits per heavy atom. The van der Waals surface area contributed by atoms with Gasteiger partial charge in [0.1, 0.15) is 0 Å². The molecular weight excluding hydrogens is 376 g/mol. The molecule has 0 aromatic carbocycles. The van der Waals surface area contributed by atoms with Crippen LogP contribution in [0.3, 0.4) is 0 Å². The monoisotopic (exact) mass is 406 g/mol. The van der Waals surface area contributed by atoms with Gasteiger partial charge in [0.2, 0.25) is 22.1 Å². The third-order valence-corrected chi connectivity index (χ3v) is 6.93. The van der Waals surface area contributed by atoms with Gasteiger partial charge >= 0.3 is 0 Å². The number of carbonyl (C=O) groups excluding carboxylic acids is 2. The minimum absolute atomic E-state index is 0.00121. The number of carbonyl (C=O) groups is 2. The maximum absolute atomic E-state index is 12.6. The van der Waals surface area contributed by atoms with Crippen molar-refractivity contribution in [3.05, 3.63) is 0 Å². The fraction of sp³-hybridized carbons (Fsp3) is 0.789. The van der Waals surface area contributed by atoms with E-state index in [0.717, 1.165) is 57.0 Å². The van der Waals surface area contributed by atoms with Crippen molar-refractivity contribution < 1.29 is 9.59 Å². The van der Waals surface area contributed by atoms with Gasteiger partial charge in [-0.2, -0.15) is 0 Å². The maximum atomic E-state index is 12.6. The molecule has 3 saturated heterocycles. The molecule has 0 saturated carbocycles. The van der Waals surface area contributed by atoms with Crippen LogP contribution in [0.25, 0.3) is 0 Å². The molecule has 4 heterocycles. The highest BCUT2D eigenvalue weighted by Gasteiger charge is 2.30. The van der Waals surface area contributed by atoms with Crippen LogP contribution in [-0.2, 0) is 9.59 Å². The summed E-state index contributed by atoms with van der Waals surface area (Å²) in [5.74, 6) is 0.291. The Labute approximate surface area is 170 Å². The summed E-state index contributed by atoms with van der Waals surface area (Å²) in [5, 5.41) is 13.1. The van der Waals surface area contributed by atoms with Gasteiger partial charge in [0.25, 0.3) is 0 Å². The lowest BCUT2D eigenvalue weighted by atomic mass is 9.97. The molecule has 3 aliphatic heterocycles. The summed E-state index contributed by atoms with van der Waals surface area (Å²) in [6, 6.07) is 0. The second-order valence-corrected chi connectivity index (χ2v) is 8.93. The van der Waals surface area contributed by atoms with Crippen molar-refractivity contribution in [2.75, 3.05) is 55.6 Å². The number of anilines is 2. The first-order valence-electron chi connectivity index (χ1n) is 10.6. The highest BCUT2D eigenvalue weighted by molar-refractivity contribution is 7.19.